The van der Waals surface area contributed by atoms with Gasteiger partial charge in [0, 0.05) is 23.6 Å². The highest BCUT2D eigenvalue weighted by Gasteiger charge is 2.70. The van der Waals surface area contributed by atoms with Gasteiger partial charge in [0.15, 0.2) is 0 Å². The van der Waals surface area contributed by atoms with Crippen molar-refractivity contribution in [3.05, 3.63) is 24.3 Å². The Morgan fingerprint density at radius 2 is 2.00 bits per heavy atom. The van der Waals surface area contributed by atoms with Gasteiger partial charge in [-0.2, -0.15) is 0 Å². The molecule has 3 N–H and O–H groups in total. The summed E-state index contributed by atoms with van der Waals surface area (Å²) >= 11 is 0. The van der Waals surface area contributed by atoms with Crippen molar-refractivity contribution in [2.75, 3.05) is 11.9 Å². The topological polar surface area (TPSA) is 73.6 Å². The second-order valence-electron chi connectivity index (χ2n) is 7.78. The van der Waals surface area contributed by atoms with E-state index in [-0.39, 0.29) is 29.4 Å². The van der Waals surface area contributed by atoms with E-state index in [4.69, 9.17) is 15.2 Å². The van der Waals surface area contributed by atoms with Crippen LogP contribution in [0, 0.1) is 11.3 Å². The Labute approximate surface area is 143 Å². The first-order chi connectivity index (χ1) is 11.3. The van der Waals surface area contributed by atoms with Crippen molar-refractivity contribution >= 4 is 11.6 Å². The molecule has 5 heteroatoms. The Bertz CT molecular complexity index is 612. The van der Waals surface area contributed by atoms with E-state index in [0.29, 0.717) is 0 Å². The lowest BCUT2D eigenvalue weighted by molar-refractivity contribution is -0.222. The number of nitrogens with one attached hydrogen (secondary N) is 1. The summed E-state index contributed by atoms with van der Waals surface area (Å²) in [5, 5.41) is 2.98. The molecule has 1 saturated heterocycles. The molecule has 5 nitrogen and oxygen atoms in total. The second-order valence-corrected chi connectivity index (χ2v) is 7.78. The van der Waals surface area contributed by atoms with Gasteiger partial charge in [-0.1, -0.05) is 13.8 Å². The lowest BCUT2D eigenvalue weighted by Gasteiger charge is -2.65. The minimum atomic E-state index is -0.898. The zero-order valence-electron chi connectivity index (χ0n) is 15.0. The Hall–Kier alpha value is -1.59. The molecule has 3 atom stereocenters. The van der Waals surface area contributed by atoms with Crippen molar-refractivity contribution in [3.63, 3.8) is 0 Å². The Morgan fingerprint density at radius 3 is 2.62 bits per heavy atom. The van der Waals surface area contributed by atoms with Crippen LogP contribution in [0.4, 0.5) is 5.69 Å². The number of hydrogen-bond acceptors (Lipinski definition) is 4. The summed E-state index contributed by atoms with van der Waals surface area (Å²) in [6.07, 6.45) is 2.10. The van der Waals surface area contributed by atoms with Crippen LogP contribution in [0.15, 0.2) is 24.3 Å². The number of fused-ring (bicyclic) bond motifs is 1. The van der Waals surface area contributed by atoms with E-state index in [1.165, 1.54) is 0 Å². The number of hydrogen-bond donors (Lipinski definition) is 2. The molecule has 2 aliphatic rings. The van der Waals surface area contributed by atoms with Crippen molar-refractivity contribution < 1.29 is 14.3 Å². The van der Waals surface area contributed by atoms with Crippen LogP contribution in [0.25, 0.3) is 0 Å². The Kier molecular flexibility index (Phi) is 4.34. The van der Waals surface area contributed by atoms with Gasteiger partial charge < -0.3 is 20.5 Å². The van der Waals surface area contributed by atoms with E-state index >= 15 is 0 Å². The van der Waals surface area contributed by atoms with E-state index in [1.54, 1.807) is 0 Å². The third-order valence-corrected chi connectivity index (χ3v) is 5.54. The lowest BCUT2D eigenvalue weighted by Crippen LogP contribution is -2.81. The molecular weight excluding hydrogens is 304 g/mol. The van der Waals surface area contributed by atoms with Crippen molar-refractivity contribution in [2.24, 2.45) is 17.1 Å². The third-order valence-electron chi connectivity index (χ3n) is 5.54. The normalized spacial score (nSPS) is 31.1. The number of anilines is 1. The highest BCUT2D eigenvalue weighted by Crippen LogP contribution is 2.57. The number of benzene rings is 1. The zero-order valence-corrected chi connectivity index (χ0v) is 15.0. The van der Waals surface area contributed by atoms with Gasteiger partial charge in [-0.15, -0.1) is 0 Å². The van der Waals surface area contributed by atoms with Crippen LogP contribution >= 0.6 is 0 Å². The van der Waals surface area contributed by atoms with Gasteiger partial charge in [0.05, 0.1) is 12.2 Å². The van der Waals surface area contributed by atoms with Crippen LogP contribution in [-0.4, -0.2) is 30.3 Å². The van der Waals surface area contributed by atoms with E-state index in [0.717, 1.165) is 30.9 Å². The van der Waals surface area contributed by atoms with E-state index in [9.17, 15) is 4.79 Å². The number of amides is 1. The molecule has 0 radical (unpaired) electrons. The first kappa shape index (κ1) is 17.2. The fraction of sp³-hybridized carbons (Fsp3) is 0.632. The fourth-order valence-corrected chi connectivity index (χ4v) is 4.16. The summed E-state index contributed by atoms with van der Waals surface area (Å²) in [6.45, 7) is 8.78. The first-order valence-electron chi connectivity index (χ1n) is 8.75. The van der Waals surface area contributed by atoms with Crippen molar-refractivity contribution in [3.8, 4) is 5.75 Å². The second kappa shape index (κ2) is 6.05. The summed E-state index contributed by atoms with van der Waals surface area (Å²) < 4.78 is 11.5. The monoisotopic (exact) mass is 332 g/mol. The summed E-state index contributed by atoms with van der Waals surface area (Å²) in [5.41, 5.74) is 6.07. The van der Waals surface area contributed by atoms with Crippen molar-refractivity contribution in [1.29, 1.82) is 0 Å². The third kappa shape index (κ3) is 2.60. The largest absolute Gasteiger partial charge is 0.491 e. The molecule has 3 unspecified atom stereocenters. The minimum absolute atomic E-state index is 0.0730. The quantitative estimate of drug-likeness (QED) is 0.889. The summed E-state index contributed by atoms with van der Waals surface area (Å²) in [4.78, 5) is 12.9. The highest BCUT2D eigenvalue weighted by molar-refractivity contribution is 6.00. The van der Waals surface area contributed by atoms with E-state index in [2.05, 4.69) is 5.32 Å². The molecule has 1 amide bonds. The van der Waals surface area contributed by atoms with Crippen LogP contribution in [0.3, 0.4) is 0 Å². The van der Waals surface area contributed by atoms with Crippen molar-refractivity contribution in [2.45, 2.75) is 58.3 Å². The standard InChI is InChI=1S/C19H28N2O3/c1-12(2)24-14-9-7-13(8-10-14)21-17(22)19(20)15-6-5-11-23-16(15)18(19,3)4/h7-10,12,15-16H,5-6,11,20H2,1-4H3,(H,21,22). The number of rotatable bonds is 4. The number of carbonyl (C=O) groups excluding carboxylic acids is 1. The maximum atomic E-state index is 12.9. The smallest absolute Gasteiger partial charge is 0.245 e. The average molecular weight is 332 g/mol. The fourth-order valence-electron chi connectivity index (χ4n) is 4.16. The average Bonchev–Trinajstić information content (AvgIpc) is 2.55. The van der Waals surface area contributed by atoms with Crippen molar-refractivity contribution in [1.82, 2.24) is 0 Å². The Balaban J connectivity index is 1.72. The van der Waals surface area contributed by atoms with Gasteiger partial charge >= 0.3 is 0 Å². The zero-order chi connectivity index (χ0) is 17.5. The molecule has 2 fully saturated rings. The highest BCUT2D eigenvalue weighted by atomic mass is 16.5. The minimum Gasteiger partial charge on any atom is -0.491 e. The van der Waals surface area contributed by atoms with Crippen LogP contribution in [0.1, 0.15) is 40.5 Å². The number of nitrogens with two attached hydrogens (primary N) is 1. The van der Waals surface area contributed by atoms with E-state index < -0.39 is 5.54 Å². The maximum Gasteiger partial charge on any atom is 0.245 e. The molecule has 1 saturated carbocycles. The maximum absolute atomic E-state index is 12.9. The summed E-state index contributed by atoms with van der Waals surface area (Å²) in [6, 6.07) is 7.41. The molecule has 1 aromatic carbocycles. The molecule has 3 rings (SSSR count). The molecule has 0 spiro atoms. The molecule has 132 valence electrons. The Morgan fingerprint density at radius 1 is 1.33 bits per heavy atom. The lowest BCUT2D eigenvalue weighted by atomic mass is 9.46. The molecule has 1 aliphatic carbocycles. The van der Waals surface area contributed by atoms with Gasteiger partial charge in [0.1, 0.15) is 11.3 Å². The molecule has 0 aromatic heterocycles. The van der Waals surface area contributed by atoms with Gasteiger partial charge in [-0.3, -0.25) is 4.79 Å². The molecule has 0 bridgehead atoms. The van der Waals surface area contributed by atoms with Crippen LogP contribution in [0.5, 0.6) is 5.75 Å². The van der Waals surface area contributed by atoms with Gasteiger partial charge in [0.25, 0.3) is 0 Å². The van der Waals surface area contributed by atoms with Crippen LogP contribution in [0.2, 0.25) is 0 Å². The predicted molar refractivity (Wildman–Crippen MR) is 94.0 cm³/mol. The molecule has 1 heterocycles. The SMILES string of the molecule is CC(C)Oc1ccc(NC(=O)C2(N)C3CCCOC3C2(C)C)cc1. The number of carbonyl (C=O) groups is 1. The van der Waals surface area contributed by atoms with Crippen LogP contribution < -0.4 is 15.8 Å². The molecule has 1 aromatic rings. The predicted octanol–water partition coefficient (Wildman–Crippen LogP) is 2.94. The van der Waals surface area contributed by atoms with Gasteiger partial charge in [-0.25, -0.2) is 0 Å². The van der Waals surface area contributed by atoms with Gasteiger partial charge in [-0.05, 0) is 51.0 Å². The molecule has 1 aliphatic heterocycles. The molecule has 24 heavy (non-hydrogen) atoms. The van der Waals surface area contributed by atoms with Gasteiger partial charge in [0.2, 0.25) is 5.91 Å². The summed E-state index contributed by atoms with van der Waals surface area (Å²) in [7, 11) is 0. The molecular formula is C19H28N2O3. The first-order valence-corrected chi connectivity index (χ1v) is 8.75. The van der Waals surface area contributed by atoms with Crippen LogP contribution in [-0.2, 0) is 9.53 Å². The number of ether oxygens (including phenoxy) is 2. The van der Waals surface area contributed by atoms with E-state index in [1.807, 2.05) is 52.0 Å². The summed E-state index contributed by atoms with van der Waals surface area (Å²) in [5.74, 6) is 0.747.